The van der Waals surface area contributed by atoms with Gasteiger partial charge in [-0.25, -0.2) is 4.39 Å². The molecule has 90 valence electrons. The Labute approximate surface area is 109 Å². The van der Waals surface area contributed by atoms with Crippen molar-refractivity contribution in [2.24, 2.45) is 0 Å². The molecular weight excluding hydrogens is 285 g/mol. The minimum atomic E-state index is -0.539. The lowest BCUT2D eigenvalue weighted by Crippen LogP contribution is -2.33. The van der Waals surface area contributed by atoms with Crippen molar-refractivity contribution < 1.29 is 9.18 Å². The van der Waals surface area contributed by atoms with Gasteiger partial charge in [0.05, 0.1) is 12.1 Å². The highest BCUT2D eigenvalue weighted by atomic mass is 79.9. The van der Waals surface area contributed by atoms with E-state index in [0.29, 0.717) is 11.0 Å². The largest absolute Gasteiger partial charge is 0.327 e. The zero-order chi connectivity index (χ0) is 12.8. The monoisotopic (exact) mass is 297 g/mol. The normalized spacial score (nSPS) is 9.76. The second-order valence-electron chi connectivity index (χ2n) is 3.53. The summed E-state index contributed by atoms with van der Waals surface area (Å²) in [5, 5.41) is 0. The number of rotatable bonds is 4. The van der Waals surface area contributed by atoms with Gasteiger partial charge in [0.15, 0.2) is 0 Å². The molecule has 0 saturated heterocycles. The first-order chi connectivity index (χ1) is 8.11. The Morgan fingerprint density at radius 2 is 2.29 bits per heavy atom. The Balaban J connectivity index is 3.05. The van der Waals surface area contributed by atoms with Crippen LogP contribution in [0.4, 0.5) is 4.39 Å². The third-order valence-corrected chi connectivity index (χ3v) is 2.90. The summed E-state index contributed by atoms with van der Waals surface area (Å²) in [4.78, 5) is 13.6. The minimum absolute atomic E-state index is 0.0381. The molecule has 0 heterocycles. The Kier molecular flexibility index (Phi) is 5.17. The number of benzene rings is 1. The molecule has 1 aromatic carbocycles. The molecule has 0 fully saturated rings. The van der Waals surface area contributed by atoms with Crippen LogP contribution in [0.3, 0.4) is 0 Å². The maximum absolute atomic E-state index is 13.6. The molecule has 0 aliphatic heterocycles. The molecule has 0 saturated carbocycles. The molecule has 0 bridgehead atoms. The summed E-state index contributed by atoms with van der Waals surface area (Å²) in [5.74, 6) is 1.49. The molecule has 0 spiro atoms. The standard InChI is InChI=1S/C13H13BrFNO/c1-3-8-16(9-4-2)13(17)12-10(14)6-5-7-11(12)15/h1,5-7H,4,8-9H2,2H3. The predicted octanol–water partition coefficient (Wildman–Crippen LogP) is 3.07. The third-order valence-electron chi connectivity index (χ3n) is 2.24. The van der Waals surface area contributed by atoms with Crippen molar-refractivity contribution in [3.63, 3.8) is 0 Å². The SMILES string of the molecule is C#CCN(CCC)C(=O)c1c(F)cccc1Br. The number of nitrogens with zero attached hydrogens (tertiary/aromatic N) is 1. The zero-order valence-electron chi connectivity index (χ0n) is 9.54. The van der Waals surface area contributed by atoms with Crippen LogP contribution in [0.2, 0.25) is 0 Å². The smallest absolute Gasteiger partial charge is 0.258 e. The molecule has 2 nitrogen and oxygen atoms in total. The van der Waals surface area contributed by atoms with Gasteiger partial charge in [-0.15, -0.1) is 6.42 Å². The van der Waals surface area contributed by atoms with Crippen molar-refractivity contribution in [1.29, 1.82) is 0 Å². The number of carbonyl (C=O) groups is 1. The van der Waals surface area contributed by atoms with E-state index in [2.05, 4.69) is 21.9 Å². The summed E-state index contributed by atoms with van der Waals surface area (Å²) < 4.78 is 14.1. The lowest BCUT2D eigenvalue weighted by Gasteiger charge is -2.20. The van der Waals surface area contributed by atoms with E-state index in [9.17, 15) is 9.18 Å². The fraction of sp³-hybridized carbons (Fsp3) is 0.308. The van der Waals surface area contributed by atoms with Gasteiger partial charge in [-0.05, 0) is 34.5 Å². The average molecular weight is 298 g/mol. The second kappa shape index (κ2) is 6.41. The maximum atomic E-state index is 13.6. The molecule has 4 heteroatoms. The first-order valence-electron chi connectivity index (χ1n) is 5.28. The first-order valence-corrected chi connectivity index (χ1v) is 6.07. The van der Waals surface area contributed by atoms with Crippen molar-refractivity contribution in [2.45, 2.75) is 13.3 Å². The van der Waals surface area contributed by atoms with Crippen LogP contribution in [-0.4, -0.2) is 23.9 Å². The summed E-state index contributed by atoms with van der Waals surface area (Å²) in [6, 6.07) is 4.44. The van der Waals surface area contributed by atoms with Gasteiger partial charge in [0, 0.05) is 11.0 Å². The van der Waals surface area contributed by atoms with E-state index in [1.807, 2.05) is 6.92 Å². The fourth-order valence-electron chi connectivity index (χ4n) is 1.49. The summed E-state index contributed by atoms with van der Waals surface area (Å²) in [7, 11) is 0. The van der Waals surface area contributed by atoms with Crippen LogP contribution in [0, 0.1) is 18.2 Å². The number of terminal acetylenes is 1. The van der Waals surface area contributed by atoms with E-state index < -0.39 is 5.82 Å². The van der Waals surface area contributed by atoms with Crippen molar-refractivity contribution in [1.82, 2.24) is 4.90 Å². The van der Waals surface area contributed by atoms with Gasteiger partial charge in [0.1, 0.15) is 5.82 Å². The Morgan fingerprint density at radius 3 is 2.82 bits per heavy atom. The molecule has 0 N–H and O–H groups in total. The maximum Gasteiger partial charge on any atom is 0.258 e. The van der Waals surface area contributed by atoms with Crippen LogP contribution >= 0.6 is 15.9 Å². The van der Waals surface area contributed by atoms with Gasteiger partial charge in [-0.3, -0.25) is 4.79 Å². The fourth-order valence-corrected chi connectivity index (χ4v) is 2.00. The van der Waals surface area contributed by atoms with E-state index in [0.717, 1.165) is 6.42 Å². The number of amides is 1. The van der Waals surface area contributed by atoms with Crippen LogP contribution in [0.25, 0.3) is 0 Å². The average Bonchev–Trinajstić information content (AvgIpc) is 2.28. The van der Waals surface area contributed by atoms with Crippen molar-refractivity contribution >= 4 is 21.8 Å². The van der Waals surface area contributed by atoms with Crippen LogP contribution in [0.15, 0.2) is 22.7 Å². The first kappa shape index (κ1) is 13.7. The lowest BCUT2D eigenvalue weighted by atomic mass is 10.2. The number of halogens is 2. The van der Waals surface area contributed by atoms with Gasteiger partial charge in [0.25, 0.3) is 5.91 Å². The highest BCUT2D eigenvalue weighted by Crippen LogP contribution is 2.21. The van der Waals surface area contributed by atoms with Crippen LogP contribution in [0.5, 0.6) is 0 Å². The van der Waals surface area contributed by atoms with Crippen molar-refractivity contribution in [3.05, 3.63) is 34.1 Å². The number of hydrogen-bond donors (Lipinski definition) is 0. The molecule has 0 radical (unpaired) electrons. The highest BCUT2D eigenvalue weighted by Gasteiger charge is 2.20. The zero-order valence-corrected chi connectivity index (χ0v) is 11.1. The molecule has 1 aromatic rings. The van der Waals surface area contributed by atoms with Gasteiger partial charge < -0.3 is 4.90 Å². The van der Waals surface area contributed by atoms with Crippen LogP contribution in [0.1, 0.15) is 23.7 Å². The van der Waals surface area contributed by atoms with Gasteiger partial charge in [0.2, 0.25) is 0 Å². The Bertz CT molecular complexity index is 433. The second-order valence-corrected chi connectivity index (χ2v) is 4.38. The Hall–Kier alpha value is -1.34. The number of hydrogen-bond acceptors (Lipinski definition) is 1. The molecule has 0 aromatic heterocycles. The molecule has 1 amide bonds. The summed E-state index contributed by atoms with van der Waals surface area (Å²) in [5.41, 5.74) is 0.0381. The topological polar surface area (TPSA) is 20.3 Å². The summed E-state index contributed by atoms with van der Waals surface area (Å²) >= 11 is 3.18. The third kappa shape index (κ3) is 3.31. The van der Waals surface area contributed by atoms with E-state index in [1.54, 1.807) is 12.1 Å². The van der Waals surface area contributed by atoms with Gasteiger partial charge in [-0.2, -0.15) is 0 Å². The molecule has 0 aliphatic rings. The van der Waals surface area contributed by atoms with Crippen LogP contribution < -0.4 is 0 Å². The van der Waals surface area contributed by atoms with E-state index >= 15 is 0 Å². The molecule has 17 heavy (non-hydrogen) atoms. The van der Waals surface area contributed by atoms with E-state index in [-0.39, 0.29) is 18.0 Å². The van der Waals surface area contributed by atoms with E-state index in [1.165, 1.54) is 11.0 Å². The van der Waals surface area contributed by atoms with Gasteiger partial charge in [-0.1, -0.05) is 18.9 Å². The summed E-state index contributed by atoms with van der Waals surface area (Å²) in [6.45, 7) is 2.64. The van der Waals surface area contributed by atoms with Crippen LogP contribution in [-0.2, 0) is 0 Å². The molecule has 1 rings (SSSR count). The predicted molar refractivity (Wildman–Crippen MR) is 69.1 cm³/mol. The van der Waals surface area contributed by atoms with Crippen molar-refractivity contribution in [2.75, 3.05) is 13.1 Å². The highest BCUT2D eigenvalue weighted by molar-refractivity contribution is 9.10. The van der Waals surface area contributed by atoms with Gasteiger partial charge >= 0.3 is 0 Å². The quantitative estimate of drug-likeness (QED) is 0.782. The molecular formula is C13H13BrFNO. The lowest BCUT2D eigenvalue weighted by molar-refractivity contribution is 0.0771. The number of carbonyl (C=O) groups excluding carboxylic acids is 1. The molecule has 0 unspecified atom stereocenters. The minimum Gasteiger partial charge on any atom is -0.327 e. The Morgan fingerprint density at radius 1 is 1.59 bits per heavy atom. The molecule has 0 aliphatic carbocycles. The molecule has 0 atom stereocenters. The summed E-state index contributed by atoms with van der Waals surface area (Å²) in [6.07, 6.45) is 5.98. The van der Waals surface area contributed by atoms with Crippen molar-refractivity contribution in [3.8, 4) is 12.3 Å². The van der Waals surface area contributed by atoms with E-state index in [4.69, 9.17) is 6.42 Å².